The molecule has 0 bridgehead atoms. The van der Waals surface area contributed by atoms with Crippen molar-refractivity contribution in [3.8, 4) is 0 Å². The number of fused-ring (bicyclic) bond motifs is 1. The van der Waals surface area contributed by atoms with Gasteiger partial charge >= 0.3 is 0 Å². The van der Waals surface area contributed by atoms with Gasteiger partial charge in [0.05, 0.1) is 21.8 Å². The highest BCUT2D eigenvalue weighted by atomic mass is 32.2. The molecule has 3 fully saturated rings. The van der Waals surface area contributed by atoms with Crippen LogP contribution in [0.15, 0.2) is 23.1 Å². The van der Waals surface area contributed by atoms with E-state index in [2.05, 4.69) is 30.7 Å². The van der Waals surface area contributed by atoms with Crippen LogP contribution in [-0.2, 0) is 31.5 Å². The minimum absolute atomic E-state index is 0.00970. The van der Waals surface area contributed by atoms with Gasteiger partial charge in [0, 0.05) is 44.3 Å². The third kappa shape index (κ3) is 5.27. The summed E-state index contributed by atoms with van der Waals surface area (Å²) in [5.74, 6) is 1.21. The van der Waals surface area contributed by atoms with Gasteiger partial charge in [-0.3, -0.25) is 4.79 Å². The molecule has 5 rings (SSSR count). The number of nitrogens with zero attached hydrogens (tertiary/aromatic N) is 3. The third-order valence-electron chi connectivity index (χ3n) is 7.49. The van der Waals surface area contributed by atoms with Gasteiger partial charge in [0.25, 0.3) is 0 Å². The maximum Gasteiger partial charge on any atom is 0.243 e. The van der Waals surface area contributed by atoms with Crippen molar-refractivity contribution in [2.45, 2.75) is 82.2 Å². The summed E-state index contributed by atoms with van der Waals surface area (Å²) in [4.78, 5) is 17.8. The van der Waals surface area contributed by atoms with Crippen molar-refractivity contribution >= 4 is 27.0 Å². The Hall–Kier alpha value is -1.97. The highest BCUT2D eigenvalue weighted by Crippen LogP contribution is 2.32. The van der Waals surface area contributed by atoms with E-state index in [0.29, 0.717) is 24.4 Å². The van der Waals surface area contributed by atoms with E-state index in [-0.39, 0.29) is 34.7 Å². The minimum atomic E-state index is -3.71. The van der Waals surface area contributed by atoms with E-state index in [9.17, 15) is 13.2 Å². The topological polar surface area (TPSA) is 93.5 Å². The summed E-state index contributed by atoms with van der Waals surface area (Å²) >= 11 is 0. The molecule has 1 unspecified atom stereocenters. The number of carbonyl (C=O) groups is 1. The van der Waals surface area contributed by atoms with Crippen LogP contribution in [0.1, 0.15) is 65.1 Å². The molecule has 1 saturated carbocycles. The van der Waals surface area contributed by atoms with E-state index in [1.165, 1.54) is 4.31 Å². The molecule has 9 heteroatoms. The van der Waals surface area contributed by atoms with Crippen LogP contribution in [0.4, 0.5) is 0 Å². The quantitative estimate of drug-likeness (QED) is 0.653. The van der Waals surface area contributed by atoms with Crippen LogP contribution in [0.25, 0.3) is 11.0 Å². The van der Waals surface area contributed by atoms with Crippen molar-refractivity contribution in [3.63, 3.8) is 0 Å². The number of benzene rings is 1. The number of piperidine rings is 1. The first kappa shape index (κ1) is 24.7. The van der Waals surface area contributed by atoms with Gasteiger partial charge in [0.15, 0.2) is 0 Å². The fraction of sp³-hybridized carbons (Fsp3) is 0.692. The van der Waals surface area contributed by atoms with Crippen LogP contribution in [0, 0.1) is 11.8 Å². The van der Waals surface area contributed by atoms with E-state index in [0.717, 1.165) is 63.2 Å². The van der Waals surface area contributed by atoms with Crippen molar-refractivity contribution in [1.82, 2.24) is 19.2 Å². The van der Waals surface area contributed by atoms with E-state index >= 15 is 0 Å². The molecule has 1 N–H and O–H groups in total. The largest absolute Gasteiger partial charge is 0.381 e. The maximum atomic E-state index is 13.6. The molecular weight excluding hydrogens is 464 g/mol. The summed E-state index contributed by atoms with van der Waals surface area (Å²) in [6, 6.07) is 5.62. The Bertz CT molecular complexity index is 1190. The third-order valence-corrected chi connectivity index (χ3v) is 9.35. The zero-order valence-electron chi connectivity index (χ0n) is 21.1. The number of nitrogens with one attached hydrogen (secondary N) is 1. The summed E-state index contributed by atoms with van der Waals surface area (Å²) in [7, 11) is -3.71. The first-order chi connectivity index (χ1) is 16.6. The molecule has 1 atom stereocenters. The Labute approximate surface area is 208 Å². The lowest BCUT2D eigenvalue weighted by molar-refractivity contribution is -0.126. The molecule has 2 saturated heterocycles. The van der Waals surface area contributed by atoms with Crippen molar-refractivity contribution in [2.75, 3.05) is 26.3 Å². The zero-order chi connectivity index (χ0) is 24.8. The van der Waals surface area contributed by atoms with Crippen LogP contribution < -0.4 is 5.32 Å². The second kappa shape index (κ2) is 9.48. The van der Waals surface area contributed by atoms with Gasteiger partial charge in [-0.05, 0) is 62.6 Å². The SMILES string of the molecule is CC(C)(C)c1nc2cc(S(=O)(=O)N3CCCC(C(=O)NC4CC4)C3)ccc2n1CC1CCOCC1. The van der Waals surface area contributed by atoms with E-state index < -0.39 is 10.0 Å². The average Bonchev–Trinajstić information content (AvgIpc) is 3.57. The molecule has 2 aliphatic heterocycles. The Morgan fingerprint density at radius 1 is 1.14 bits per heavy atom. The van der Waals surface area contributed by atoms with Crippen LogP contribution in [0.3, 0.4) is 0 Å². The lowest BCUT2D eigenvalue weighted by Crippen LogP contribution is -2.45. The molecule has 35 heavy (non-hydrogen) atoms. The fourth-order valence-electron chi connectivity index (χ4n) is 5.29. The number of imidazole rings is 1. The Morgan fingerprint density at radius 2 is 1.89 bits per heavy atom. The number of aromatic nitrogens is 2. The Morgan fingerprint density at radius 3 is 2.57 bits per heavy atom. The molecule has 3 heterocycles. The van der Waals surface area contributed by atoms with Gasteiger partial charge in [-0.2, -0.15) is 4.31 Å². The number of sulfonamides is 1. The lowest BCUT2D eigenvalue weighted by Gasteiger charge is -2.31. The number of hydrogen-bond donors (Lipinski definition) is 1. The molecule has 0 spiro atoms. The highest BCUT2D eigenvalue weighted by Gasteiger charge is 2.35. The second-order valence-electron chi connectivity index (χ2n) is 11.5. The monoisotopic (exact) mass is 502 g/mol. The van der Waals surface area contributed by atoms with E-state index in [4.69, 9.17) is 9.72 Å². The Kier molecular flexibility index (Phi) is 6.70. The van der Waals surface area contributed by atoms with Crippen molar-refractivity contribution in [1.29, 1.82) is 0 Å². The highest BCUT2D eigenvalue weighted by molar-refractivity contribution is 7.89. The van der Waals surface area contributed by atoms with E-state index in [1.807, 2.05) is 6.07 Å². The summed E-state index contributed by atoms with van der Waals surface area (Å²) < 4.78 is 36.5. The number of hydrogen-bond acceptors (Lipinski definition) is 5. The summed E-state index contributed by atoms with van der Waals surface area (Å²) in [5.41, 5.74) is 1.52. The second-order valence-corrected chi connectivity index (χ2v) is 13.4. The molecule has 3 aliphatic rings. The Balaban J connectivity index is 1.42. The molecule has 1 aliphatic carbocycles. The van der Waals surface area contributed by atoms with Gasteiger partial charge in [-0.25, -0.2) is 13.4 Å². The summed E-state index contributed by atoms with van der Waals surface area (Å²) in [5, 5.41) is 3.03. The predicted molar refractivity (Wildman–Crippen MR) is 135 cm³/mol. The maximum absolute atomic E-state index is 13.6. The van der Waals surface area contributed by atoms with Crippen molar-refractivity contribution < 1.29 is 17.9 Å². The van der Waals surface area contributed by atoms with E-state index in [1.54, 1.807) is 12.1 Å². The summed E-state index contributed by atoms with van der Waals surface area (Å²) in [6.45, 7) is 9.57. The van der Waals surface area contributed by atoms with Crippen molar-refractivity contribution in [3.05, 3.63) is 24.0 Å². The molecule has 192 valence electrons. The minimum Gasteiger partial charge on any atom is -0.381 e. The molecule has 8 nitrogen and oxygen atoms in total. The van der Waals surface area contributed by atoms with Gasteiger partial charge < -0.3 is 14.6 Å². The smallest absolute Gasteiger partial charge is 0.243 e. The zero-order valence-corrected chi connectivity index (χ0v) is 21.9. The molecule has 2 aromatic rings. The molecule has 1 amide bonds. The molecular formula is C26H38N4O4S. The molecule has 0 radical (unpaired) electrons. The normalized spacial score (nSPS) is 23.0. The van der Waals surface area contributed by atoms with Crippen LogP contribution in [0.5, 0.6) is 0 Å². The van der Waals surface area contributed by atoms with Crippen LogP contribution in [-0.4, -0.2) is 60.5 Å². The number of ether oxygens (including phenoxy) is 1. The van der Waals surface area contributed by atoms with Crippen molar-refractivity contribution in [2.24, 2.45) is 11.8 Å². The first-order valence-corrected chi connectivity index (χ1v) is 14.5. The first-order valence-electron chi connectivity index (χ1n) is 13.0. The van der Waals surface area contributed by atoms with Gasteiger partial charge in [-0.15, -0.1) is 0 Å². The lowest BCUT2D eigenvalue weighted by atomic mass is 9.94. The molecule has 1 aromatic carbocycles. The summed E-state index contributed by atoms with van der Waals surface area (Å²) in [6.07, 6.45) is 5.53. The average molecular weight is 503 g/mol. The number of amides is 1. The fourth-order valence-corrected chi connectivity index (χ4v) is 6.83. The van der Waals surface area contributed by atoms with Crippen LogP contribution >= 0.6 is 0 Å². The molecule has 1 aromatic heterocycles. The van der Waals surface area contributed by atoms with Gasteiger partial charge in [-0.1, -0.05) is 20.8 Å². The van der Waals surface area contributed by atoms with Gasteiger partial charge in [0.1, 0.15) is 5.82 Å². The van der Waals surface area contributed by atoms with Crippen LogP contribution in [0.2, 0.25) is 0 Å². The number of carbonyl (C=O) groups excluding carboxylic acids is 1. The number of rotatable bonds is 6. The standard InChI is InChI=1S/C26H38N4O4S/c1-26(2,3)25-28-22-15-21(8-9-23(22)30(25)16-18-10-13-34-14-11-18)35(32,33)29-12-4-5-19(17-29)24(31)27-20-6-7-20/h8-9,15,18-20H,4-7,10-14,16-17H2,1-3H3,(H,27,31). The predicted octanol–water partition coefficient (Wildman–Crippen LogP) is 3.44. The van der Waals surface area contributed by atoms with Gasteiger partial charge in [0.2, 0.25) is 15.9 Å².